The molecule has 1 aliphatic rings. The van der Waals surface area contributed by atoms with Crippen molar-refractivity contribution < 1.29 is 19.1 Å². The van der Waals surface area contributed by atoms with Crippen LogP contribution in [0.5, 0.6) is 0 Å². The average molecular weight is 243 g/mol. The van der Waals surface area contributed by atoms with E-state index in [0.29, 0.717) is 13.0 Å². The number of hydrogen-bond donors (Lipinski definition) is 0. The Bertz CT molecular complexity index is 292. The maximum Gasteiger partial charge on any atom is 0.310 e. The fourth-order valence-electron chi connectivity index (χ4n) is 2.28. The van der Waals surface area contributed by atoms with Crippen LogP contribution in [0.25, 0.3) is 0 Å². The Morgan fingerprint density at radius 2 is 1.94 bits per heavy atom. The highest BCUT2D eigenvalue weighted by Crippen LogP contribution is 2.26. The van der Waals surface area contributed by atoms with Crippen LogP contribution in [-0.2, 0) is 19.1 Å². The molecule has 3 unspecified atom stereocenters. The van der Waals surface area contributed by atoms with Crippen molar-refractivity contribution >= 4 is 11.9 Å². The Labute approximate surface area is 102 Å². The zero-order chi connectivity index (χ0) is 13.0. The van der Waals surface area contributed by atoms with Gasteiger partial charge < -0.3 is 9.47 Å². The first-order chi connectivity index (χ1) is 7.99. The van der Waals surface area contributed by atoms with E-state index in [0.717, 1.165) is 6.54 Å². The molecule has 1 saturated heterocycles. The predicted molar refractivity (Wildman–Crippen MR) is 62.3 cm³/mol. The van der Waals surface area contributed by atoms with E-state index >= 15 is 0 Å². The van der Waals surface area contributed by atoms with E-state index in [2.05, 4.69) is 9.64 Å². The van der Waals surface area contributed by atoms with Crippen LogP contribution in [-0.4, -0.2) is 50.2 Å². The standard InChI is InChI=1S/C12H21NO4/c1-8-6-13(7-10(8)12(15)17-4)9(2)5-11(14)16-3/h8-10H,5-7H2,1-4H3. The van der Waals surface area contributed by atoms with Gasteiger partial charge in [-0.25, -0.2) is 0 Å². The number of hydrogen-bond acceptors (Lipinski definition) is 5. The topological polar surface area (TPSA) is 55.8 Å². The molecule has 1 rings (SSSR count). The first-order valence-corrected chi connectivity index (χ1v) is 5.88. The molecule has 0 spiro atoms. The van der Waals surface area contributed by atoms with E-state index in [-0.39, 0.29) is 29.8 Å². The van der Waals surface area contributed by atoms with Gasteiger partial charge in [0.25, 0.3) is 0 Å². The third-order valence-corrected chi connectivity index (χ3v) is 3.46. The molecule has 98 valence electrons. The molecule has 0 aromatic rings. The second-order valence-corrected chi connectivity index (χ2v) is 4.69. The highest BCUT2D eigenvalue weighted by molar-refractivity contribution is 5.73. The van der Waals surface area contributed by atoms with Gasteiger partial charge in [-0.05, 0) is 12.8 Å². The number of carbonyl (C=O) groups is 2. The van der Waals surface area contributed by atoms with Crippen molar-refractivity contribution in [3.05, 3.63) is 0 Å². The first-order valence-electron chi connectivity index (χ1n) is 5.88. The summed E-state index contributed by atoms with van der Waals surface area (Å²) >= 11 is 0. The van der Waals surface area contributed by atoms with E-state index in [9.17, 15) is 9.59 Å². The molecule has 17 heavy (non-hydrogen) atoms. The van der Waals surface area contributed by atoms with Gasteiger partial charge >= 0.3 is 11.9 Å². The molecule has 1 fully saturated rings. The van der Waals surface area contributed by atoms with Crippen molar-refractivity contribution in [1.29, 1.82) is 0 Å². The van der Waals surface area contributed by atoms with Gasteiger partial charge in [0.15, 0.2) is 0 Å². The lowest BCUT2D eigenvalue weighted by atomic mass is 9.99. The minimum Gasteiger partial charge on any atom is -0.469 e. The predicted octanol–water partition coefficient (Wildman–Crippen LogP) is 0.679. The Morgan fingerprint density at radius 1 is 1.29 bits per heavy atom. The molecule has 0 N–H and O–H groups in total. The average Bonchev–Trinajstić information content (AvgIpc) is 2.70. The Balaban J connectivity index is 2.53. The van der Waals surface area contributed by atoms with Crippen LogP contribution >= 0.6 is 0 Å². The van der Waals surface area contributed by atoms with Crippen molar-refractivity contribution in [2.24, 2.45) is 11.8 Å². The largest absolute Gasteiger partial charge is 0.469 e. The Kier molecular flexibility index (Phi) is 4.93. The Morgan fingerprint density at radius 3 is 2.47 bits per heavy atom. The first kappa shape index (κ1) is 14.0. The quantitative estimate of drug-likeness (QED) is 0.680. The zero-order valence-electron chi connectivity index (χ0n) is 10.9. The highest BCUT2D eigenvalue weighted by atomic mass is 16.5. The van der Waals surface area contributed by atoms with Crippen molar-refractivity contribution in [3.63, 3.8) is 0 Å². The summed E-state index contributed by atoms with van der Waals surface area (Å²) in [4.78, 5) is 24.9. The van der Waals surface area contributed by atoms with E-state index < -0.39 is 0 Å². The van der Waals surface area contributed by atoms with Crippen molar-refractivity contribution in [1.82, 2.24) is 4.90 Å². The molecule has 1 heterocycles. The summed E-state index contributed by atoms with van der Waals surface area (Å²) in [6.07, 6.45) is 0.358. The lowest BCUT2D eigenvalue weighted by Crippen LogP contribution is -2.34. The molecule has 0 aromatic heterocycles. The molecule has 0 aliphatic carbocycles. The van der Waals surface area contributed by atoms with Crippen molar-refractivity contribution in [2.45, 2.75) is 26.3 Å². The summed E-state index contributed by atoms with van der Waals surface area (Å²) < 4.78 is 9.42. The number of nitrogens with zero attached hydrogens (tertiary/aromatic N) is 1. The molecule has 0 radical (unpaired) electrons. The minimum atomic E-state index is -0.216. The number of likely N-dealkylation sites (tertiary alicyclic amines) is 1. The van der Waals surface area contributed by atoms with Crippen molar-refractivity contribution in [3.8, 4) is 0 Å². The molecule has 5 heteroatoms. The molecule has 0 saturated carbocycles. The molecule has 0 bridgehead atoms. The molecule has 1 aliphatic heterocycles. The maximum atomic E-state index is 11.5. The Hall–Kier alpha value is -1.10. The lowest BCUT2D eigenvalue weighted by Gasteiger charge is -2.23. The van der Waals surface area contributed by atoms with Crippen LogP contribution in [0.3, 0.4) is 0 Å². The lowest BCUT2D eigenvalue weighted by molar-refractivity contribution is -0.146. The molecule has 3 atom stereocenters. The third kappa shape index (κ3) is 3.43. The molecule has 0 amide bonds. The maximum absolute atomic E-state index is 11.5. The van der Waals surface area contributed by atoms with E-state index in [4.69, 9.17) is 4.74 Å². The number of esters is 2. The van der Waals surface area contributed by atoms with Crippen LogP contribution in [0, 0.1) is 11.8 Å². The van der Waals surface area contributed by atoms with Gasteiger partial charge in [-0.3, -0.25) is 14.5 Å². The van der Waals surface area contributed by atoms with E-state index in [1.165, 1.54) is 14.2 Å². The van der Waals surface area contributed by atoms with Gasteiger partial charge in [-0.2, -0.15) is 0 Å². The number of ether oxygens (including phenoxy) is 2. The summed E-state index contributed by atoms with van der Waals surface area (Å²) in [6.45, 7) is 5.49. The molecule has 5 nitrogen and oxygen atoms in total. The second kappa shape index (κ2) is 6.00. The van der Waals surface area contributed by atoms with Gasteiger partial charge in [-0.1, -0.05) is 6.92 Å². The summed E-state index contributed by atoms with van der Waals surface area (Å²) in [6, 6.07) is 0.0968. The monoisotopic (exact) mass is 243 g/mol. The molecular formula is C12H21NO4. The molecule has 0 aromatic carbocycles. The van der Waals surface area contributed by atoms with Gasteiger partial charge in [0.1, 0.15) is 0 Å². The number of rotatable bonds is 4. The van der Waals surface area contributed by atoms with Crippen LogP contribution in [0.1, 0.15) is 20.3 Å². The fourth-order valence-corrected chi connectivity index (χ4v) is 2.28. The van der Waals surface area contributed by atoms with Crippen LogP contribution in [0.2, 0.25) is 0 Å². The van der Waals surface area contributed by atoms with Gasteiger partial charge in [0.05, 0.1) is 26.6 Å². The van der Waals surface area contributed by atoms with Gasteiger partial charge in [-0.15, -0.1) is 0 Å². The number of methoxy groups -OCH3 is 2. The van der Waals surface area contributed by atoms with Gasteiger partial charge in [0, 0.05) is 19.1 Å². The summed E-state index contributed by atoms with van der Waals surface area (Å²) in [5, 5.41) is 0. The van der Waals surface area contributed by atoms with Crippen molar-refractivity contribution in [2.75, 3.05) is 27.3 Å². The van der Waals surface area contributed by atoms with Crippen LogP contribution in [0.4, 0.5) is 0 Å². The normalized spacial score (nSPS) is 26.6. The highest BCUT2D eigenvalue weighted by Gasteiger charge is 2.37. The fraction of sp³-hybridized carbons (Fsp3) is 0.833. The summed E-state index contributed by atoms with van der Waals surface area (Å²) in [5.41, 5.74) is 0. The third-order valence-electron chi connectivity index (χ3n) is 3.46. The zero-order valence-corrected chi connectivity index (χ0v) is 10.9. The SMILES string of the molecule is COC(=O)CC(C)N1CC(C)C(C(=O)OC)C1. The number of carbonyl (C=O) groups excluding carboxylic acids is 2. The summed E-state index contributed by atoms with van der Waals surface area (Å²) in [5.74, 6) is -0.195. The molecular weight excluding hydrogens is 222 g/mol. The van der Waals surface area contributed by atoms with E-state index in [1.807, 2.05) is 13.8 Å². The van der Waals surface area contributed by atoms with Crippen LogP contribution in [0.15, 0.2) is 0 Å². The summed E-state index contributed by atoms with van der Waals surface area (Å²) in [7, 11) is 2.80. The van der Waals surface area contributed by atoms with E-state index in [1.54, 1.807) is 0 Å². The minimum absolute atomic E-state index is 0.0832. The van der Waals surface area contributed by atoms with Gasteiger partial charge in [0.2, 0.25) is 0 Å². The smallest absolute Gasteiger partial charge is 0.310 e. The van der Waals surface area contributed by atoms with Crippen LogP contribution < -0.4 is 0 Å². The second-order valence-electron chi connectivity index (χ2n) is 4.69.